The van der Waals surface area contributed by atoms with E-state index in [2.05, 4.69) is 32.7 Å². The Morgan fingerprint density at radius 2 is 1.83 bits per heavy atom. The van der Waals surface area contributed by atoms with Crippen molar-refractivity contribution >= 4 is 5.90 Å². The minimum atomic E-state index is 0.164. The van der Waals surface area contributed by atoms with Crippen LogP contribution in [0.15, 0.2) is 16.8 Å². The smallest absolute Gasteiger partial charge is 0.213 e. The van der Waals surface area contributed by atoms with E-state index in [4.69, 9.17) is 10.5 Å². The number of aliphatic imine (C=N–C) groups is 1. The molecular formula is C15H32N2O. The normalized spacial score (nSPS) is 17.3. The number of nitrogens with zero attached hydrogens (tertiary/aromatic N) is 1. The Bertz CT molecular complexity index is 255. The van der Waals surface area contributed by atoms with E-state index in [0.717, 1.165) is 31.0 Å². The van der Waals surface area contributed by atoms with E-state index in [1.165, 1.54) is 6.42 Å². The van der Waals surface area contributed by atoms with Gasteiger partial charge in [-0.05, 0) is 6.42 Å². The maximum atomic E-state index is 5.54. The first-order valence-electron chi connectivity index (χ1n) is 7.09. The molecule has 0 aromatic carbocycles. The molecule has 2 N–H and O–H groups in total. The summed E-state index contributed by atoms with van der Waals surface area (Å²) in [4.78, 5) is 4.37. The van der Waals surface area contributed by atoms with E-state index in [-0.39, 0.29) is 5.41 Å². The van der Waals surface area contributed by atoms with Crippen LogP contribution in [0.4, 0.5) is 0 Å². The van der Waals surface area contributed by atoms with Crippen molar-refractivity contribution in [3.05, 3.63) is 11.8 Å². The van der Waals surface area contributed by atoms with E-state index < -0.39 is 0 Å². The van der Waals surface area contributed by atoms with Gasteiger partial charge in [0.15, 0.2) is 0 Å². The molecular weight excluding hydrogens is 224 g/mol. The molecule has 0 saturated heterocycles. The summed E-state index contributed by atoms with van der Waals surface area (Å²) in [7, 11) is 0. The summed E-state index contributed by atoms with van der Waals surface area (Å²) in [6.07, 6.45) is 3.70. The molecule has 0 spiro atoms. The van der Waals surface area contributed by atoms with E-state index in [9.17, 15) is 0 Å². The van der Waals surface area contributed by atoms with Gasteiger partial charge >= 0.3 is 0 Å². The van der Waals surface area contributed by atoms with E-state index in [0.29, 0.717) is 0 Å². The van der Waals surface area contributed by atoms with Gasteiger partial charge in [-0.3, -0.25) is 4.99 Å². The van der Waals surface area contributed by atoms with Gasteiger partial charge < -0.3 is 10.5 Å². The highest BCUT2D eigenvalue weighted by Gasteiger charge is 2.24. The second-order valence-corrected chi connectivity index (χ2v) is 4.83. The summed E-state index contributed by atoms with van der Waals surface area (Å²) >= 11 is 0. The third kappa shape index (κ3) is 8.15. The second-order valence-electron chi connectivity index (χ2n) is 4.83. The lowest BCUT2D eigenvalue weighted by atomic mass is 9.94. The molecule has 0 amide bonds. The van der Waals surface area contributed by atoms with Gasteiger partial charge in [-0.1, -0.05) is 54.9 Å². The lowest BCUT2D eigenvalue weighted by Gasteiger charge is -2.28. The van der Waals surface area contributed by atoms with Gasteiger partial charge in [-0.2, -0.15) is 0 Å². The minimum absolute atomic E-state index is 0.164. The summed E-state index contributed by atoms with van der Waals surface area (Å²) < 4.78 is 5.54. The average Bonchev–Trinajstić information content (AvgIpc) is 2.36. The van der Waals surface area contributed by atoms with Crippen molar-refractivity contribution in [3.63, 3.8) is 0 Å². The van der Waals surface area contributed by atoms with Crippen molar-refractivity contribution in [2.75, 3.05) is 13.2 Å². The van der Waals surface area contributed by atoms with Gasteiger partial charge in [0.1, 0.15) is 0 Å². The van der Waals surface area contributed by atoms with Gasteiger partial charge in [-0.25, -0.2) is 0 Å². The number of ether oxygens (including phenoxy) is 1. The van der Waals surface area contributed by atoms with Gasteiger partial charge in [0.05, 0.1) is 13.2 Å². The van der Waals surface area contributed by atoms with Crippen LogP contribution >= 0.6 is 0 Å². The zero-order valence-electron chi connectivity index (χ0n) is 13.3. The Labute approximate surface area is 114 Å². The second kappa shape index (κ2) is 11.1. The van der Waals surface area contributed by atoms with Crippen LogP contribution in [0, 0.1) is 5.41 Å². The Kier molecular flexibility index (Phi) is 12.0. The molecule has 0 radical (unpaired) electrons. The summed E-state index contributed by atoms with van der Waals surface area (Å²) in [5.74, 6) is 0.726. The molecule has 0 bridgehead atoms. The molecule has 3 nitrogen and oxygen atoms in total. The molecule has 108 valence electrons. The fraction of sp³-hybridized carbons (Fsp3) is 0.800. The topological polar surface area (TPSA) is 47.6 Å². The zero-order valence-corrected chi connectivity index (χ0v) is 13.3. The maximum Gasteiger partial charge on any atom is 0.213 e. The molecule has 0 aromatic rings. The van der Waals surface area contributed by atoms with E-state index in [1.807, 2.05) is 20.8 Å². The molecule has 0 saturated carbocycles. The summed E-state index contributed by atoms with van der Waals surface area (Å²) in [6, 6.07) is 0. The third-order valence-electron chi connectivity index (χ3n) is 2.11. The SMILES string of the molecule is CC.CC/C(=C/N)C1=NCC(C)(C)CO1.CCC. The highest BCUT2D eigenvalue weighted by molar-refractivity contribution is 5.93. The number of rotatable bonds is 2. The molecule has 1 aliphatic rings. The van der Waals surface area contributed by atoms with Crippen molar-refractivity contribution in [1.29, 1.82) is 0 Å². The first-order chi connectivity index (χ1) is 8.50. The largest absolute Gasteiger partial charge is 0.477 e. The van der Waals surface area contributed by atoms with Gasteiger partial charge in [0, 0.05) is 17.2 Å². The number of nitrogens with two attached hydrogens (primary N) is 1. The molecule has 0 atom stereocenters. The van der Waals surface area contributed by atoms with Crippen LogP contribution in [0.1, 0.15) is 61.3 Å². The first kappa shape index (κ1) is 19.4. The fourth-order valence-corrected chi connectivity index (χ4v) is 1.18. The van der Waals surface area contributed by atoms with Crippen LogP contribution in [0.3, 0.4) is 0 Å². The van der Waals surface area contributed by atoms with Crippen LogP contribution in [0.25, 0.3) is 0 Å². The Morgan fingerprint density at radius 3 is 2.11 bits per heavy atom. The Hall–Kier alpha value is -0.990. The van der Waals surface area contributed by atoms with Gasteiger partial charge in [0.25, 0.3) is 0 Å². The fourth-order valence-electron chi connectivity index (χ4n) is 1.18. The molecule has 1 rings (SSSR count). The molecule has 0 aliphatic carbocycles. The summed E-state index contributed by atoms with van der Waals surface area (Å²) in [5.41, 5.74) is 6.62. The molecule has 1 heterocycles. The molecule has 0 unspecified atom stereocenters. The Balaban J connectivity index is 0. The molecule has 1 aliphatic heterocycles. The quantitative estimate of drug-likeness (QED) is 0.807. The standard InChI is InChI=1S/C10H18N2O.C3H8.C2H6/c1-4-8(5-11)9-12-6-10(2,3)7-13-9;1-3-2;1-2/h5H,4,6-7,11H2,1-3H3;3H2,1-2H3;1-2H3/b8-5-;;. The maximum absolute atomic E-state index is 5.54. The van der Waals surface area contributed by atoms with Gasteiger partial charge in [0.2, 0.25) is 5.90 Å². The van der Waals surface area contributed by atoms with Crippen molar-refractivity contribution in [2.24, 2.45) is 16.1 Å². The van der Waals surface area contributed by atoms with Crippen LogP contribution in [-0.4, -0.2) is 19.0 Å². The molecule has 0 aromatic heterocycles. The van der Waals surface area contributed by atoms with Crippen LogP contribution < -0.4 is 5.73 Å². The predicted molar refractivity (Wildman–Crippen MR) is 81.9 cm³/mol. The van der Waals surface area contributed by atoms with Crippen LogP contribution in [0.5, 0.6) is 0 Å². The van der Waals surface area contributed by atoms with Crippen molar-refractivity contribution < 1.29 is 4.74 Å². The van der Waals surface area contributed by atoms with Crippen LogP contribution in [0.2, 0.25) is 0 Å². The predicted octanol–water partition coefficient (Wildman–Crippen LogP) is 4.14. The lowest BCUT2D eigenvalue weighted by Crippen LogP contribution is -2.31. The van der Waals surface area contributed by atoms with Crippen molar-refractivity contribution in [1.82, 2.24) is 0 Å². The highest BCUT2D eigenvalue weighted by Crippen LogP contribution is 2.22. The summed E-state index contributed by atoms with van der Waals surface area (Å²) in [6.45, 7) is 16.1. The van der Waals surface area contributed by atoms with Crippen LogP contribution in [-0.2, 0) is 4.74 Å². The van der Waals surface area contributed by atoms with Gasteiger partial charge in [-0.15, -0.1) is 0 Å². The first-order valence-corrected chi connectivity index (χ1v) is 7.09. The van der Waals surface area contributed by atoms with E-state index >= 15 is 0 Å². The molecule has 0 fully saturated rings. The lowest BCUT2D eigenvalue weighted by molar-refractivity contribution is 0.156. The monoisotopic (exact) mass is 256 g/mol. The van der Waals surface area contributed by atoms with E-state index in [1.54, 1.807) is 6.20 Å². The average molecular weight is 256 g/mol. The van der Waals surface area contributed by atoms with Crippen molar-refractivity contribution in [2.45, 2.75) is 61.3 Å². The van der Waals surface area contributed by atoms with Crippen molar-refractivity contribution in [3.8, 4) is 0 Å². The summed E-state index contributed by atoms with van der Waals surface area (Å²) in [5, 5.41) is 0. The highest BCUT2D eigenvalue weighted by atomic mass is 16.5. The Morgan fingerprint density at radius 1 is 1.33 bits per heavy atom. The zero-order chi connectivity index (χ0) is 14.6. The minimum Gasteiger partial charge on any atom is -0.477 e. The number of hydrogen-bond donors (Lipinski definition) is 1. The molecule has 18 heavy (non-hydrogen) atoms. The third-order valence-corrected chi connectivity index (χ3v) is 2.11. The molecule has 3 heteroatoms. The number of hydrogen-bond acceptors (Lipinski definition) is 3.